The Balaban J connectivity index is 1.97. The summed E-state index contributed by atoms with van der Waals surface area (Å²) in [7, 11) is 0. The van der Waals surface area contributed by atoms with E-state index in [1.807, 2.05) is 18.7 Å². The molecule has 1 aliphatic rings. The first kappa shape index (κ1) is 17.5. The molecule has 0 saturated carbocycles. The van der Waals surface area contributed by atoms with Crippen molar-refractivity contribution in [2.75, 3.05) is 13.1 Å². The maximum atomic E-state index is 12.6. The van der Waals surface area contributed by atoms with Crippen molar-refractivity contribution in [3.63, 3.8) is 0 Å². The highest BCUT2D eigenvalue weighted by molar-refractivity contribution is 5.79. The number of nitrogens with zero attached hydrogens (tertiary/aromatic N) is 2. The molecule has 1 aromatic heterocycles. The van der Waals surface area contributed by atoms with Crippen molar-refractivity contribution in [1.82, 2.24) is 10.1 Å². The van der Waals surface area contributed by atoms with Gasteiger partial charge in [0.2, 0.25) is 5.91 Å². The largest absolute Gasteiger partial charge is 0.481 e. The van der Waals surface area contributed by atoms with Crippen molar-refractivity contribution in [2.45, 2.75) is 58.8 Å². The van der Waals surface area contributed by atoms with Crippen LogP contribution in [-0.2, 0) is 28.9 Å². The number of hydrogen-bond donors (Lipinski definition) is 1. The molecule has 6 nitrogen and oxygen atoms in total. The van der Waals surface area contributed by atoms with E-state index in [1.165, 1.54) is 0 Å². The molecule has 1 fully saturated rings. The molecule has 1 aliphatic heterocycles. The molecule has 0 unspecified atom stereocenters. The Morgan fingerprint density at radius 1 is 1.35 bits per heavy atom. The van der Waals surface area contributed by atoms with Gasteiger partial charge in [-0.25, -0.2) is 0 Å². The number of amides is 1. The van der Waals surface area contributed by atoms with Crippen molar-refractivity contribution >= 4 is 11.9 Å². The van der Waals surface area contributed by atoms with Gasteiger partial charge in [-0.3, -0.25) is 9.59 Å². The molecule has 1 atom stereocenters. The van der Waals surface area contributed by atoms with Crippen LogP contribution in [0.4, 0.5) is 0 Å². The maximum Gasteiger partial charge on any atom is 0.303 e. The zero-order chi connectivity index (χ0) is 16.8. The molecule has 0 aliphatic carbocycles. The molecule has 1 N–H and O–H groups in total. The average Bonchev–Trinajstić information content (AvgIpc) is 2.95. The van der Waals surface area contributed by atoms with Gasteiger partial charge in [-0.15, -0.1) is 0 Å². The molecule has 128 valence electrons. The first-order valence-corrected chi connectivity index (χ1v) is 8.50. The summed E-state index contributed by atoms with van der Waals surface area (Å²) in [6, 6.07) is 0. The highest BCUT2D eigenvalue weighted by Crippen LogP contribution is 2.23. The van der Waals surface area contributed by atoms with Crippen molar-refractivity contribution in [3.8, 4) is 0 Å². The topological polar surface area (TPSA) is 83.6 Å². The summed E-state index contributed by atoms with van der Waals surface area (Å²) in [6.45, 7) is 5.43. The van der Waals surface area contributed by atoms with Gasteiger partial charge in [0.1, 0.15) is 5.76 Å². The molecule has 23 heavy (non-hydrogen) atoms. The number of aromatic nitrogens is 1. The molecule has 1 saturated heterocycles. The summed E-state index contributed by atoms with van der Waals surface area (Å²) in [5.74, 6) is 0.424. The average molecular weight is 322 g/mol. The van der Waals surface area contributed by atoms with Crippen molar-refractivity contribution in [1.29, 1.82) is 0 Å². The van der Waals surface area contributed by atoms with E-state index in [4.69, 9.17) is 9.63 Å². The molecule has 0 aromatic carbocycles. The number of piperidine rings is 1. The van der Waals surface area contributed by atoms with E-state index < -0.39 is 5.97 Å². The lowest BCUT2D eigenvalue weighted by molar-refractivity contribution is -0.137. The molecule has 1 aromatic rings. The normalized spacial score (nSPS) is 18.2. The van der Waals surface area contributed by atoms with Crippen LogP contribution in [0.1, 0.15) is 56.5 Å². The van der Waals surface area contributed by atoms with Gasteiger partial charge in [0, 0.05) is 31.5 Å². The van der Waals surface area contributed by atoms with Crippen LogP contribution in [0, 0.1) is 5.92 Å². The zero-order valence-electron chi connectivity index (χ0n) is 14.0. The predicted molar refractivity (Wildman–Crippen MR) is 85.1 cm³/mol. The Kier molecular flexibility index (Phi) is 6.19. The fourth-order valence-corrected chi connectivity index (χ4v) is 3.26. The molecule has 0 spiro atoms. The second kappa shape index (κ2) is 8.13. The van der Waals surface area contributed by atoms with Gasteiger partial charge in [0.05, 0.1) is 12.1 Å². The second-order valence-electron chi connectivity index (χ2n) is 6.20. The molecule has 0 bridgehead atoms. The van der Waals surface area contributed by atoms with Gasteiger partial charge in [0.25, 0.3) is 0 Å². The third-order valence-electron chi connectivity index (χ3n) is 4.57. The maximum absolute atomic E-state index is 12.6. The highest BCUT2D eigenvalue weighted by Gasteiger charge is 2.26. The summed E-state index contributed by atoms with van der Waals surface area (Å²) in [5.41, 5.74) is 1.81. The van der Waals surface area contributed by atoms with Crippen LogP contribution in [0.5, 0.6) is 0 Å². The third kappa shape index (κ3) is 4.56. The molecule has 2 heterocycles. The number of carbonyl (C=O) groups is 2. The Labute approximate surface area is 136 Å². The minimum absolute atomic E-state index is 0.0950. The van der Waals surface area contributed by atoms with E-state index in [-0.39, 0.29) is 12.3 Å². The molecule has 6 heteroatoms. The Hall–Kier alpha value is -1.85. The van der Waals surface area contributed by atoms with Gasteiger partial charge in [-0.05, 0) is 31.6 Å². The van der Waals surface area contributed by atoms with E-state index in [0.717, 1.165) is 49.2 Å². The monoisotopic (exact) mass is 322 g/mol. The number of aryl methyl sites for hydroxylation is 2. The number of carboxylic acids is 1. The number of hydrogen-bond acceptors (Lipinski definition) is 4. The predicted octanol–water partition coefficient (Wildman–Crippen LogP) is 2.45. The summed E-state index contributed by atoms with van der Waals surface area (Å²) in [4.78, 5) is 25.2. The third-order valence-corrected chi connectivity index (χ3v) is 4.57. The first-order valence-electron chi connectivity index (χ1n) is 8.50. The van der Waals surface area contributed by atoms with Gasteiger partial charge in [-0.1, -0.05) is 19.0 Å². The quantitative estimate of drug-likeness (QED) is 0.833. The van der Waals surface area contributed by atoms with E-state index in [0.29, 0.717) is 25.3 Å². The number of carboxylic acid groups (broad SMARTS) is 1. The smallest absolute Gasteiger partial charge is 0.303 e. The number of likely N-dealkylation sites (tertiary alicyclic amines) is 1. The summed E-state index contributed by atoms with van der Waals surface area (Å²) in [6.07, 6.45) is 4.60. The van der Waals surface area contributed by atoms with Crippen LogP contribution < -0.4 is 0 Å². The highest BCUT2D eigenvalue weighted by atomic mass is 16.5. The Morgan fingerprint density at radius 2 is 2.13 bits per heavy atom. The fraction of sp³-hybridized carbons (Fsp3) is 0.706. The van der Waals surface area contributed by atoms with E-state index in [2.05, 4.69) is 5.16 Å². The first-order chi connectivity index (χ1) is 11.0. The van der Waals surface area contributed by atoms with Gasteiger partial charge < -0.3 is 14.5 Å². The number of rotatable bonds is 7. The molecular weight excluding hydrogens is 296 g/mol. The fourth-order valence-electron chi connectivity index (χ4n) is 3.26. The van der Waals surface area contributed by atoms with Crippen LogP contribution in [0.25, 0.3) is 0 Å². The lowest BCUT2D eigenvalue weighted by Crippen LogP contribution is -2.41. The summed E-state index contributed by atoms with van der Waals surface area (Å²) in [5, 5.41) is 12.9. The summed E-state index contributed by atoms with van der Waals surface area (Å²) < 4.78 is 5.32. The van der Waals surface area contributed by atoms with Crippen LogP contribution in [0.2, 0.25) is 0 Å². The molecule has 1 amide bonds. The minimum Gasteiger partial charge on any atom is -0.481 e. The SMILES string of the molecule is CCc1noc(CC)c1CC(=O)N1CCC[C@@H](CCC(=O)O)C1. The van der Waals surface area contributed by atoms with Crippen LogP contribution in [-0.4, -0.2) is 40.1 Å². The minimum atomic E-state index is -0.766. The standard InChI is InChI=1S/C17H26N2O4/c1-3-14-13(15(4-2)23-18-14)10-16(20)19-9-5-6-12(11-19)7-8-17(21)22/h12H,3-11H2,1-2H3,(H,21,22)/t12-/m0/s1. The van der Waals surface area contributed by atoms with Crippen molar-refractivity contribution in [3.05, 3.63) is 17.0 Å². The van der Waals surface area contributed by atoms with Crippen LogP contribution in [0.3, 0.4) is 0 Å². The van der Waals surface area contributed by atoms with Gasteiger partial charge >= 0.3 is 5.97 Å². The summed E-state index contributed by atoms with van der Waals surface area (Å²) >= 11 is 0. The Morgan fingerprint density at radius 3 is 2.78 bits per heavy atom. The Bertz CT molecular complexity index is 531. The van der Waals surface area contributed by atoms with Crippen molar-refractivity contribution in [2.24, 2.45) is 5.92 Å². The number of carbonyl (C=O) groups excluding carboxylic acids is 1. The lowest BCUT2D eigenvalue weighted by atomic mass is 9.93. The van der Waals surface area contributed by atoms with Crippen molar-refractivity contribution < 1.29 is 19.2 Å². The van der Waals surface area contributed by atoms with Gasteiger partial charge in [-0.2, -0.15) is 0 Å². The van der Waals surface area contributed by atoms with E-state index in [9.17, 15) is 9.59 Å². The molecule has 2 rings (SSSR count). The van der Waals surface area contributed by atoms with Crippen LogP contribution >= 0.6 is 0 Å². The second-order valence-corrected chi connectivity index (χ2v) is 6.20. The van der Waals surface area contributed by atoms with E-state index in [1.54, 1.807) is 0 Å². The van der Waals surface area contributed by atoms with Crippen LogP contribution in [0.15, 0.2) is 4.52 Å². The number of aliphatic carboxylic acids is 1. The molecule has 0 radical (unpaired) electrons. The molecular formula is C17H26N2O4. The lowest BCUT2D eigenvalue weighted by Gasteiger charge is -2.32. The van der Waals surface area contributed by atoms with E-state index >= 15 is 0 Å². The zero-order valence-corrected chi connectivity index (χ0v) is 14.0. The van der Waals surface area contributed by atoms with Gasteiger partial charge in [0.15, 0.2) is 0 Å².